The summed E-state index contributed by atoms with van der Waals surface area (Å²) < 4.78 is 0. The van der Waals surface area contributed by atoms with E-state index in [1.54, 1.807) is 0 Å². The fraction of sp³-hybridized carbons (Fsp3) is 1.00. The van der Waals surface area contributed by atoms with Crippen LogP contribution < -0.4 is 5.32 Å². The maximum absolute atomic E-state index is 3.58. The number of hydrogen-bond donors (Lipinski definition) is 1. The molecule has 0 amide bonds. The summed E-state index contributed by atoms with van der Waals surface area (Å²) in [6.07, 6.45) is 2.77. The van der Waals surface area contributed by atoms with Crippen LogP contribution in [0.3, 0.4) is 0 Å². The maximum atomic E-state index is 3.58. The van der Waals surface area contributed by atoms with Crippen LogP contribution in [0.15, 0.2) is 0 Å². The van der Waals surface area contributed by atoms with Gasteiger partial charge < -0.3 is 10.2 Å². The van der Waals surface area contributed by atoms with E-state index in [9.17, 15) is 0 Å². The monoisotopic (exact) mass is 184 g/mol. The molecule has 2 atom stereocenters. The molecule has 0 aromatic heterocycles. The third-order valence-corrected chi connectivity index (χ3v) is 2.94. The summed E-state index contributed by atoms with van der Waals surface area (Å²) in [7, 11) is 4.38. The van der Waals surface area contributed by atoms with Crippen molar-refractivity contribution in [2.45, 2.75) is 45.2 Å². The normalized spacial score (nSPS) is 29.1. The van der Waals surface area contributed by atoms with Crippen molar-refractivity contribution in [3.05, 3.63) is 0 Å². The highest BCUT2D eigenvalue weighted by Gasteiger charge is 2.32. The molecule has 1 saturated carbocycles. The standard InChI is InChI=1S/C11H24N2/c1-11(2,3)12-8-9-6-7-10(9)13(4)5/h9-10,12H,6-8H2,1-5H3. The van der Waals surface area contributed by atoms with E-state index in [4.69, 9.17) is 0 Å². The van der Waals surface area contributed by atoms with Gasteiger partial charge in [0.25, 0.3) is 0 Å². The Labute approximate surface area is 82.7 Å². The van der Waals surface area contributed by atoms with E-state index in [2.05, 4.69) is 45.1 Å². The minimum atomic E-state index is 0.270. The molecule has 0 bridgehead atoms. The Hall–Kier alpha value is -0.0800. The van der Waals surface area contributed by atoms with Crippen LogP contribution >= 0.6 is 0 Å². The van der Waals surface area contributed by atoms with E-state index in [0.717, 1.165) is 12.0 Å². The molecule has 1 aliphatic carbocycles. The first-order valence-corrected chi connectivity index (χ1v) is 5.31. The Morgan fingerprint density at radius 2 is 1.85 bits per heavy atom. The van der Waals surface area contributed by atoms with Crippen molar-refractivity contribution >= 4 is 0 Å². The molecule has 1 fully saturated rings. The lowest BCUT2D eigenvalue weighted by Gasteiger charge is -2.42. The van der Waals surface area contributed by atoms with Crippen molar-refractivity contribution in [3.8, 4) is 0 Å². The van der Waals surface area contributed by atoms with Gasteiger partial charge in [0.1, 0.15) is 0 Å². The summed E-state index contributed by atoms with van der Waals surface area (Å²) in [4.78, 5) is 2.36. The number of hydrogen-bond acceptors (Lipinski definition) is 2. The molecule has 2 unspecified atom stereocenters. The number of rotatable bonds is 3. The van der Waals surface area contributed by atoms with Gasteiger partial charge in [-0.1, -0.05) is 0 Å². The van der Waals surface area contributed by atoms with Gasteiger partial charge in [-0.15, -0.1) is 0 Å². The van der Waals surface area contributed by atoms with E-state index in [0.29, 0.717) is 0 Å². The van der Waals surface area contributed by atoms with Gasteiger partial charge in [-0.05, 0) is 60.2 Å². The van der Waals surface area contributed by atoms with E-state index < -0.39 is 0 Å². The molecule has 0 heterocycles. The molecule has 1 N–H and O–H groups in total. The van der Waals surface area contributed by atoms with Gasteiger partial charge >= 0.3 is 0 Å². The predicted molar refractivity (Wildman–Crippen MR) is 58.0 cm³/mol. The minimum absolute atomic E-state index is 0.270. The highest BCUT2D eigenvalue weighted by molar-refractivity contribution is 4.89. The van der Waals surface area contributed by atoms with Crippen molar-refractivity contribution in [2.24, 2.45) is 5.92 Å². The lowest BCUT2D eigenvalue weighted by molar-refractivity contribution is 0.0998. The summed E-state index contributed by atoms with van der Waals surface area (Å²) in [5.41, 5.74) is 0.270. The van der Waals surface area contributed by atoms with Gasteiger partial charge in [-0.2, -0.15) is 0 Å². The smallest absolute Gasteiger partial charge is 0.0130 e. The van der Waals surface area contributed by atoms with Gasteiger partial charge in [0, 0.05) is 11.6 Å². The molecule has 0 aromatic rings. The second kappa shape index (κ2) is 3.97. The lowest BCUT2D eigenvalue weighted by Crippen LogP contribution is -2.50. The quantitative estimate of drug-likeness (QED) is 0.718. The van der Waals surface area contributed by atoms with Crippen molar-refractivity contribution in [1.82, 2.24) is 10.2 Å². The van der Waals surface area contributed by atoms with Gasteiger partial charge in [-0.25, -0.2) is 0 Å². The average Bonchev–Trinajstić information content (AvgIpc) is 1.79. The van der Waals surface area contributed by atoms with Gasteiger partial charge in [0.2, 0.25) is 0 Å². The van der Waals surface area contributed by atoms with Crippen LogP contribution in [0.4, 0.5) is 0 Å². The molecule has 2 nitrogen and oxygen atoms in total. The molecule has 1 rings (SSSR count). The lowest BCUT2D eigenvalue weighted by atomic mass is 9.78. The van der Waals surface area contributed by atoms with Crippen LogP contribution in [0.5, 0.6) is 0 Å². The highest BCUT2D eigenvalue weighted by atomic mass is 15.1. The van der Waals surface area contributed by atoms with Gasteiger partial charge in [0.15, 0.2) is 0 Å². The Bertz CT molecular complexity index is 158. The first-order chi connectivity index (χ1) is 5.90. The second-order valence-electron chi connectivity index (χ2n) is 5.50. The Balaban J connectivity index is 2.23. The third kappa shape index (κ3) is 3.28. The Kier molecular flexibility index (Phi) is 3.36. The van der Waals surface area contributed by atoms with Crippen LogP contribution in [-0.4, -0.2) is 37.1 Å². The third-order valence-electron chi connectivity index (χ3n) is 2.94. The van der Waals surface area contributed by atoms with E-state index >= 15 is 0 Å². The summed E-state index contributed by atoms with van der Waals surface area (Å²) in [6.45, 7) is 7.87. The summed E-state index contributed by atoms with van der Waals surface area (Å²) in [5, 5.41) is 3.58. The van der Waals surface area contributed by atoms with Gasteiger partial charge in [-0.3, -0.25) is 0 Å². The molecule has 0 spiro atoms. The molecule has 0 saturated heterocycles. The van der Waals surface area contributed by atoms with Crippen LogP contribution in [0.25, 0.3) is 0 Å². The van der Waals surface area contributed by atoms with E-state index in [1.165, 1.54) is 19.4 Å². The van der Waals surface area contributed by atoms with Crippen molar-refractivity contribution in [3.63, 3.8) is 0 Å². The van der Waals surface area contributed by atoms with Crippen molar-refractivity contribution in [2.75, 3.05) is 20.6 Å². The molecule has 2 heteroatoms. The zero-order valence-electron chi connectivity index (χ0n) is 9.72. The minimum Gasteiger partial charge on any atom is -0.312 e. The summed E-state index contributed by atoms with van der Waals surface area (Å²) in [5.74, 6) is 0.870. The first-order valence-electron chi connectivity index (χ1n) is 5.31. The van der Waals surface area contributed by atoms with E-state index in [-0.39, 0.29) is 5.54 Å². The summed E-state index contributed by atoms with van der Waals surface area (Å²) >= 11 is 0. The van der Waals surface area contributed by atoms with Crippen molar-refractivity contribution < 1.29 is 0 Å². The zero-order valence-corrected chi connectivity index (χ0v) is 9.72. The van der Waals surface area contributed by atoms with Crippen LogP contribution in [0.1, 0.15) is 33.6 Å². The van der Waals surface area contributed by atoms with Crippen LogP contribution in [-0.2, 0) is 0 Å². The van der Waals surface area contributed by atoms with Crippen molar-refractivity contribution in [1.29, 1.82) is 0 Å². The molecule has 0 aliphatic heterocycles. The molecule has 78 valence electrons. The molecule has 1 aliphatic rings. The molecular formula is C11H24N2. The predicted octanol–water partition coefficient (Wildman–Crippen LogP) is 1.71. The molecule has 13 heavy (non-hydrogen) atoms. The zero-order chi connectivity index (χ0) is 10.1. The summed E-state index contributed by atoms with van der Waals surface area (Å²) in [6, 6.07) is 0.815. The topological polar surface area (TPSA) is 15.3 Å². The second-order valence-corrected chi connectivity index (χ2v) is 5.50. The fourth-order valence-electron chi connectivity index (χ4n) is 1.91. The maximum Gasteiger partial charge on any atom is 0.0130 e. The SMILES string of the molecule is CN(C)C1CCC1CNC(C)(C)C. The van der Waals surface area contributed by atoms with E-state index in [1.807, 2.05) is 0 Å². The Morgan fingerprint density at radius 1 is 1.23 bits per heavy atom. The van der Waals surface area contributed by atoms with Crippen LogP contribution in [0, 0.1) is 5.92 Å². The molecular weight excluding hydrogens is 160 g/mol. The van der Waals surface area contributed by atoms with Crippen LogP contribution in [0.2, 0.25) is 0 Å². The molecule has 0 aromatic carbocycles. The fourth-order valence-corrected chi connectivity index (χ4v) is 1.91. The number of nitrogens with zero attached hydrogens (tertiary/aromatic N) is 1. The highest BCUT2D eigenvalue weighted by Crippen LogP contribution is 2.30. The number of nitrogens with one attached hydrogen (secondary N) is 1. The first kappa shape index (κ1) is 11.0. The van der Waals surface area contributed by atoms with Gasteiger partial charge in [0.05, 0.1) is 0 Å². The average molecular weight is 184 g/mol. The molecule has 0 radical (unpaired) electrons. The largest absolute Gasteiger partial charge is 0.312 e. The Morgan fingerprint density at radius 3 is 2.15 bits per heavy atom.